The molecule has 5 aromatic rings. The van der Waals surface area contributed by atoms with Crippen LogP contribution in [0.15, 0.2) is 75.4 Å². The number of rotatable bonds is 7. The van der Waals surface area contributed by atoms with Gasteiger partial charge in [-0.2, -0.15) is 0 Å². The van der Waals surface area contributed by atoms with Gasteiger partial charge >= 0.3 is 5.97 Å². The fraction of sp³-hybridized carbons (Fsp3) is 0.125. The van der Waals surface area contributed by atoms with E-state index in [9.17, 15) is 9.59 Å². The van der Waals surface area contributed by atoms with Crippen molar-refractivity contribution in [2.45, 2.75) is 19.4 Å². The Labute approximate surface area is 197 Å². The van der Waals surface area contributed by atoms with Gasteiger partial charge in [0.15, 0.2) is 22.8 Å². The van der Waals surface area contributed by atoms with Crippen LogP contribution >= 0.6 is 11.3 Å². The molecule has 0 bridgehead atoms. The number of nitrogens with zero attached hydrogens (tertiary/aromatic N) is 3. The molecule has 1 amide bonds. The first-order valence-corrected chi connectivity index (χ1v) is 11.3. The van der Waals surface area contributed by atoms with Crippen molar-refractivity contribution in [1.29, 1.82) is 0 Å². The van der Waals surface area contributed by atoms with Gasteiger partial charge in [-0.3, -0.25) is 10.1 Å². The topological polar surface area (TPSA) is 120 Å². The van der Waals surface area contributed by atoms with Crippen LogP contribution in [0.4, 0.5) is 5.13 Å². The van der Waals surface area contributed by atoms with Crippen molar-refractivity contribution >= 4 is 39.4 Å². The number of carbonyl (C=O) groups excluding carboxylic acids is 2. The maximum absolute atomic E-state index is 12.8. The molecule has 0 radical (unpaired) electrons. The highest BCUT2D eigenvalue weighted by Gasteiger charge is 2.24. The molecular formula is C24H18N4O5S. The van der Waals surface area contributed by atoms with E-state index in [-0.39, 0.29) is 5.56 Å². The van der Waals surface area contributed by atoms with E-state index in [1.165, 1.54) is 11.3 Å². The van der Waals surface area contributed by atoms with Gasteiger partial charge in [-0.1, -0.05) is 6.92 Å². The summed E-state index contributed by atoms with van der Waals surface area (Å²) in [5, 5.41) is 4.84. The number of esters is 1. The number of benzene rings is 1. The summed E-state index contributed by atoms with van der Waals surface area (Å²) in [6, 6.07) is 11.9. The molecule has 1 aromatic carbocycles. The van der Waals surface area contributed by atoms with E-state index in [4.69, 9.17) is 18.6 Å². The minimum absolute atomic E-state index is 0.249. The second kappa shape index (κ2) is 9.28. The fourth-order valence-electron chi connectivity index (χ4n) is 3.34. The third kappa shape index (κ3) is 4.30. The van der Waals surface area contributed by atoms with Crippen LogP contribution in [-0.4, -0.2) is 32.9 Å². The average molecular weight is 474 g/mol. The van der Waals surface area contributed by atoms with Crippen molar-refractivity contribution in [3.8, 4) is 22.9 Å². The lowest BCUT2D eigenvalue weighted by Crippen LogP contribution is -2.32. The van der Waals surface area contributed by atoms with Crippen molar-refractivity contribution in [3.05, 3.63) is 72.1 Å². The van der Waals surface area contributed by atoms with Crippen molar-refractivity contribution in [1.82, 2.24) is 15.0 Å². The van der Waals surface area contributed by atoms with Crippen molar-refractivity contribution in [3.63, 3.8) is 0 Å². The third-order valence-corrected chi connectivity index (χ3v) is 5.67. The Morgan fingerprint density at radius 3 is 2.32 bits per heavy atom. The summed E-state index contributed by atoms with van der Waals surface area (Å²) in [5.41, 5.74) is 2.28. The van der Waals surface area contributed by atoms with Gasteiger partial charge in [0.1, 0.15) is 11.4 Å². The minimum atomic E-state index is -0.960. The molecule has 4 heterocycles. The molecule has 9 nitrogen and oxygen atoms in total. The predicted molar refractivity (Wildman–Crippen MR) is 125 cm³/mol. The minimum Gasteiger partial charge on any atom is -0.463 e. The Morgan fingerprint density at radius 2 is 1.74 bits per heavy atom. The van der Waals surface area contributed by atoms with Gasteiger partial charge < -0.3 is 13.6 Å². The monoisotopic (exact) mass is 474 g/mol. The molecule has 34 heavy (non-hydrogen) atoms. The van der Waals surface area contributed by atoms with E-state index < -0.39 is 18.0 Å². The molecule has 170 valence electrons. The van der Waals surface area contributed by atoms with Gasteiger partial charge in [0, 0.05) is 11.6 Å². The maximum Gasteiger partial charge on any atom is 0.338 e. The molecule has 0 aliphatic carbocycles. The first-order valence-electron chi connectivity index (χ1n) is 10.4. The summed E-state index contributed by atoms with van der Waals surface area (Å²) in [5.74, 6) is -0.0194. The molecular weight excluding hydrogens is 456 g/mol. The highest BCUT2D eigenvalue weighted by atomic mass is 32.1. The number of fused-ring (bicyclic) bond motifs is 1. The molecule has 0 aliphatic rings. The van der Waals surface area contributed by atoms with Crippen LogP contribution in [-0.2, 0) is 9.53 Å². The van der Waals surface area contributed by atoms with Gasteiger partial charge in [0.25, 0.3) is 5.91 Å². The number of anilines is 1. The van der Waals surface area contributed by atoms with Crippen molar-refractivity contribution < 1.29 is 23.2 Å². The van der Waals surface area contributed by atoms with E-state index in [2.05, 4.69) is 15.3 Å². The van der Waals surface area contributed by atoms with Crippen molar-refractivity contribution in [2.75, 3.05) is 5.32 Å². The van der Waals surface area contributed by atoms with Crippen LogP contribution in [0.5, 0.6) is 0 Å². The Balaban J connectivity index is 1.44. The molecule has 1 atom stereocenters. The first-order chi connectivity index (χ1) is 16.6. The van der Waals surface area contributed by atoms with Crippen LogP contribution in [0.3, 0.4) is 0 Å². The van der Waals surface area contributed by atoms with E-state index in [0.29, 0.717) is 45.5 Å². The van der Waals surface area contributed by atoms with Gasteiger partial charge in [0.2, 0.25) is 0 Å². The summed E-state index contributed by atoms with van der Waals surface area (Å²) >= 11 is 1.28. The summed E-state index contributed by atoms with van der Waals surface area (Å²) in [4.78, 5) is 38.7. The lowest BCUT2D eigenvalue weighted by atomic mass is 10.1. The number of ether oxygens (including phenoxy) is 1. The quantitative estimate of drug-likeness (QED) is 0.320. The maximum atomic E-state index is 12.8. The zero-order chi connectivity index (χ0) is 23.5. The number of aromatic nitrogens is 3. The Morgan fingerprint density at radius 1 is 1.03 bits per heavy atom. The SMILES string of the molecule is CCC(OC(=O)c1ccc2nc(-c3ccco3)c(-c3ccco3)nc2c1)C(=O)Nc1nccs1. The van der Waals surface area contributed by atoms with Crippen LogP contribution in [0.1, 0.15) is 23.7 Å². The molecule has 4 aromatic heterocycles. The summed E-state index contributed by atoms with van der Waals surface area (Å²) < 4.78 is 16.5. The van der Waals surface area contributed by atoms with Gasteiger partial charge in [0.05, 0.1) is 29.1 Å². The summed E-state index contributed by atoms with van der Waals surface area (Å²) in [6.45, 7) is 1.76. The van der Waals surface area contributed by atoms with Gasteiger partial charge in [-0.05, 0) is 48.9 Å². The number of nitrogens with one attached hydrogen (secondary N) is 1. The number of amides is 1. The Bertz CT molecular complexity index is 1430. The van der Waals surface area contributed by atoms with Crippen LogP contribution in [0.25, 0.3) is 33.9 Å². The molecule has 0 spiro atoms. The molecule has 10 heteroatoms. The highest BCUT2D eigenvalue weighted by molar-refractivity contribution is 7.13. The van der Waals surface area contributed by atoms with Crippen LogP contribution in [0.2, 0.25) is 0 Å². The molecule has 0 saturated heterocycles. The van der Waals surface area contributed by atoms with E-state index in [1.54, 1.807) is 73.5 Å². The second-order valence-electron chi connectivity index (χ2n) is 7.21. The Kier molecular flexibility index (Phi) is 5.88. The van der Waals surface area contributed by atoms with Gasteiger partial charge in [-0.15, -0.1) is 11.3 Å². The first kappa shape index (κ1) is 21.5. The molecule has 1 unspecified atom stereocenters. The molecule has 0 saturated carbocycles. The van der Waals surface area contributed by atoms with Gasteiger partial charge in [-0.25, -0.2) is 19.7 Å². The van der Waals surface area contributed by atoms with Crippen LogP contribution in [0, 0.1) is 0 Å². The molecule has 0 aliphatic heterocycles. The number of hydrogen-bond donors (Lipinski definition) is 1. The lowest BCUT2D eigenvalue weighted by molar-refractivity contribution is -0.124. The normalized spacial score (nSPS) is 11.9. The predicted octanol–water partition coefficient (Wildman–Crippen LogP) is 5.18. The summed E-state index contributed by atoms with van der Waals surface area (Å²) in [7, 11) is 0. The molecule has 1 N–H and O–H groups in total. The standard InChI is InChI=1S/C24H18N4O5S/c1-2-17(22(29)28-24-25-9-12-34-24)33-23(30)14-7-8-15-16(13-14)27-21(19-6-4-11-32-19)20(26-15)18-5-3-10-31-18/h3-13,17H,2H2,1H3,(H,25,28,29). The fourth-order valence-corrected chi connectivity index (χ4v) is 3.87. The second-order valence-corrected chi connectivity index (χ2v) is 8.10. The number of furan rings is 2. The average Bonchev–Trinajstić information content (AvgIpc) is 3.64. The molecule has 5 rings (SSSR count). The molecule has 0 fully saturated rings. The Hall–Kier alpha value is -4.31. The largest absolute Gasteiger partial charge is 0.463 e. The highest BCUT2D eigenvalue weighted by Crippen LogP contribution is 2.31. The summed E-state index contributed by atoms with van der Waals surface area (Å²) in [6.07, 6.45) is 4.03. The van der Waals surface area contributed by atoms with E-state index in [1.807, 2.05) is 0 Å². The van der Waals surface area contributed by atoms with Crippen LogP contribution < -0.4 is 5.32 Å². The van der Waals surface area contributed by atoms with E-state index >= 15 is 0 Å². The third-order valence-electron chi connectivity index (χ3n) is 4.98. The zero-order valence-corrected chi connectivity index (χ0v) is 18.7. The number of hydrogen-bond acceptors (Lipinski definition) is 9. The smallest absolute Gasteiger partial charge is 0.338 e. The lowest BCUT2D eigenvalue weighted by Gasteiger charge is -2.15. The van der Waals surface area contributed by atoms with Crippen molar-refractivity contribution in [2.24, 2.45) is 0 Å². The van der Waals surface area contributed by atoms with E-state index in [0.717, 1.165) is 0 Å². The number of carbonyl (C=O) groups is 2. The zero-order valence-electron chi connectivity index (χ0n) is 17.9. The number of thiazole rings is 1.